The van der Waals surface area contributed by atoms with Crippen LogP contribution in [0, 0.1) is 6.92 Å². The molecule has 0 saturated carbocycles. The zero-order chi connectivity index (χ0) is 22.4. The zero-order valence-corrected chi connectivity index (χ0v) is 21.8. The molecule has 1 aliphatic carbocycles. The van der Waals surface area contributed by atoms with Crippen molar-refractivity contribution in [3.05, 3.63) is 57.3 Å². The molecule has 0 spiro atoms. The van der Waals surface area contributed by atoms with Gasteiger partial charge in [-0.15, -0.1) is 11.3 Å². The molecule has 1 aromatic heterocycles. The minimum absolute atomic E-state index is 0.0502. The topological polar surface area (TPSA) is 18.5 Å². The van der Waals surface area contributed by atoms with E-state index in [4.69, 9.17) is 9.47 Å². The van der Waals surface area contributed by atoms with E-state index in [-0.39, 0.29) is 5.41 Å². The maximum Gasteiger partial charge on any atom is 0.123 e. The van der Waals surface area contributed by atoms with E-state index in [2.05, 4.69) is 79.4 Å². The van der Waals surface area contributed by atoms with E-state index in [1.165, 1.54) is 37.2 Å². The summed E-state index contributed by atoms with van der Waals surface area (Å²) in [5.41, 5.74) is 6.03. The minimum Gasteiger partial charge on any atom is -0.497 e. The molecule has 2 aromatic rings. The van der Waals surface area contributed by atoms with E-state index < -0.39 is 8.07 Å². The van der Waals surface area contributed by atoms with Crippen LogP contribution in [0.25, 0.3) is 5.57 Å². The molecule has 0 amide bonds. The normalized spacial score (nSPS) is 16.6. The SMILES string of the molecule is C=CCOc1c(C(C)(C)C)cc(OC)cc1[Si](C)(C)C1C(C)=C(C)c2cc(C)sc21. The number of hydrogen-bond donors (Lipinski definition) is 0. The molecule has 162 valence electrons. The van der Waals surface area contributed by atoms with Gasteiger partial charge in [0.05, 0.1) is 15.2 Å². The van der Waals surface area contributed by atoms with Gasteiger partial charge in [-0.2, -0.15) is 0 Å². The third-order valence-electron chi connectivity index (χ3n) is 6.44. The van der Waals surface area contributed by atoms with Gasteiger partial charge in [-0.05, 0) is 60.7 Å². The molecular formula is C26H36O2SSi. The maximum atomic E-state index is 6.39. The van der Waals surface area contributed by atoms with Crippen molar-refractivity contribution in [1.82, 2.24) is 0 Å². The molecule has 1 heterocycles. The molecule has 1 atom stereocenters. The molecule has 1 unspecified atom stereocenters. The highest BCUT2D eigenvalue weighted by atomic mass is 32.1. The molecule has 0 N–H and O–H groups in total. The van der Waals surface area contributed by atoms with Gasteiger partial charge < -0.3 is 9.47 Å². The van der Waals surface area contributed by atoms with Crippen LogP contribution in [0.2, 0.25) is 13.1 Å². The Morgan fingerprint density at radius 1 is 1.13 bits per heavy atom. The number of fused-ring (bicyclic) bond motifs is 1. The number of aryl methyl sites for hydroxylation is 1. The third-order valence-corrected chi connectivity index (χ3v) is 11.7. The predicted molar refractivity (Wildman–Crippen MR) is 135 cm³/mol. The molecule has 0 radical (unpaired) electrons. The number of allylic oxidation sites excluding steroid dienone is 2. The van der Waals surface area contributed by atoms with Crippen molar-refractivity contribution in [2.45, 2.75) is 65.6 Å². The highest BCUT2D eigenvalue weighted by Gasteiger charge is 2.44. The fraction of sp³-hybridized carbons (Fsp3) is 0.462. The Balaban J connectivity index is 2.28. The lowest BCUT2D eigenvalue weighted by molar-refractivity contribution is 0.351. The summed E-state index contributed by atoms with van der Waals surface area (Å²) in [4.78, 5) is 2.93. The largest absolute Gasteiger partial charge is 0.497 e. The van der Waals surface area contributed by atoms with Gasteiger partial charge in [0.15, 0.2) is 0 Å². The summed E-state index contributed by atoms with van der Waals surface area (Å²) < 4.78 is 12.2. The number of ether oxygens (including phenoxy) is 2. The number of benzene rings is 1. The fourth-order valence-corrected chi connectivity index (χ4v) is 10.7. The molecule has 1 aliphatic rings. The summed E-state index contributed by atoms with van der Waals surface area (Å²) in [6.07, 6.45) is 1.83. The molecule has 30 heavy (non-hydrogen) atoms. The molecule has 3 rings (SSSR count). The maximum absolute atomic E-state index is 6.39. The van der Waals surface area contributed by atoms with Gasteiger partial charge in [0.1, 0.15) is 18.1 Å². The Morgan fingerprint density at radius 3 is 2.37 bits per heavy atom. The van der Waals surface area contributed by atoms with Gasteiger partial charge in [-0.1, -0.05) is 52.1 Å². The summed E-state index contributed by atoms with van der Waals surface area (Å²) in [5.74, 6) is 1.95. The van der Waals surface area contributed by atoms with Crippen LogP contribution in [0.4, 0.5) is 0 Å². The van der Waals surface area contributed by atoms with Crippen LogP contribution in [0.3, 0.4) is 0 Å². The second-order valence-corrected chi connectivity index (χ2v) is 15.8. The number of rotatable bonds is 6. The van der Waals surface area contributed by atoms with E-state index in [9.17, 15) is 0 Å². The van der Waals surface area contributed by atoms with Crippen LogP contribution < -0.4 is 14.7 Å². The Bertz CT molecular complexity index is 1000. The third kappa shape index (κ3) is 3.80. The van der Waals surface area contributed by atoms with Crippen LogP contribution in [0.5, 0.6) is 11.5 Å². The highest BCUT2D eigenvalue weighted by Crippen LogP contribution is 2.50. The van der Waals surface area contributed by atoms with Crippen molar-refractivity contribution in [1.29, 1.82) is 0 Å². The molecule has 0 bridgehead atoms. The highest BCUT2D eigenvalue weighted by molar-refractivity contribution is 7.13. The first kappa shape index (κ1) is 22.9. The van der Waals surface area contributed by atoms with Gasteiger partial charge in [-0.3, -0.25) is 0 Å². The van der Waals surface area contributed by atoms with Crippen LogP contribution >= 0.6 is 11.3 Å². The van der Waals surface area contributed by atoms with Gasteiger partial charge in [0.25, 0.3) is 0 Å². The average Bonchev–Trinajstić information content (AvgIpc) is 3.14. The number of hydrogen-bond acceptors (Lipinski definition) is 3. The van der Waals surface area contributed by atoms with E-state index in [0.717, 1.165) is 11.5 Å². The summed E-state index contributed by atoms with van der Waals surface area (Å²) >= 11 is 1.96. The number of thiophene rings is 1. The number of methoxy groups -OCH3 is 1. The van der Waals surface area contributed by atoms with Gasteiger partial charge in [0, 0.05) is 20.9 Å². The van der Waals surface area contributed by atoms with Crippen LogP contribution in [-0.4, -0.2) is 21.8 Å². The summed E-state index contributed by atoms with van der Waals surface area (Å²) in [6, 6.07) is 6.75. The van der Waals surface area contributed by atoms with E-state index in [1.807, 2.05) is 17.4 Å². The molecule has 1 aromatic carbocycles. The van der Waals surface area contributed by atoms with E-state index in [0.29, 0.717) is 12.1 Å². The minimum atomic E-state index is -2.03. The van der Waals surface area contributed by atoms with Crippen molar-refractivity contribution in [3.8, 4) is 11.5 Å². The first-order valence-electron chi connectivity index (χ1n) is 10.7. The predicted octanol–water partition coefficient (Wildman–Crippen LogP) is 6.97. The first-order chi connectivity index (χ1) is 13.9. The first-order valence-corrected chi connectivity index (χ1v) is 14.6. The quantitative estimate of drug-likeness (QED) is 0.356. The molecule has 0 aliphatic heterocycles. The van der Waals surface area contributed by atoms with E-state index >= 15 is 0 Å². The van der Waals surface area contributed by atoms with Gasteiger partial charge >= 0.3 is 0 Å². The lowest BCUT2D eigenvalue weighted by Crippen LogP contribution is -2.49. The van der Waals surface area contributed by atoms with Crippen LogP contribution in [-0.2, 0) is 5.41 Å². The monoisotopic (exact) mass is 440 g/mol. The van der Waals surface area contributed by atoms with Crippen molar-refractivity contribution >= 4 is 30.2 Å². The lowest BCUT2D eigenvalue weighted by atomic mass is 9.86. The Morgan fingerprint density at radius 2 is 1.80 bits per heavy atom. The summed E-state index contributed by atoms with van der Waals surface area (Å²) in [6.45, 7) is 22.9. The average molecular weight is 441 g/mol. The lowest BCUT2D eigenvalue weighted by Gasteiger charge is -2.35. The van der Waals surface area contributed by atoms with Gasteiger partial charge in [-0.25, -0.2) is 0 Å². The Labute approximate surface area is 187 Å². The molecule has 4 heteroatoms. The van der Waals surface area contributed by atoms with Crippen molar-refractivity contribution in [2.75, 3.05) is 13.7 Å². The zero-order valence-electron chi connectivity index (χ0n) is 20.0. The van der Waals surface area contributed by atoms with Gasteiger partial charge in [0.2, 0.25) is 0 Å². The molecule has 0 saturated heterocycles. The van der Waals surface area contributed by atoms with E-state index in [1.54, 1.807) is 7.11 Å². The van der Waals surface area contributed by atoms with Crippen molar-refractivity contribution < 1.29 is 9.47 Å². The van der Waals surface area contributed by atoms with Crippen LogP contribution in [0.1, 0.15) is 61.0 Å². The van der Waals surface area contributed by atoms with Crippen molar-refractivity contribution in [3.63, 3.8) is 0 Å². The smallest absolute Gasteiger partial charge is 0.123 e. The Hall–Kier alpha value is -1.78. The molecule has 0 fully saturated rings. The second-order valence-electron chi connectivity index (χ2n) is 10.00. The fourth-order valence-electron chi connectivity index (χ4n) is 4.74. The second kappa shape index (κ2) is 8.05. The van der Waals surface area contributed by atoms with Crippen LogP contribution in [0.15, 0.2) is 36.4 Å². The Kier molecular flexibility index (Phi) is 6.14. The molecule has 2 nitrogen and oxygen atoms in total. The standard InChI is InChI=1S/C26H36O2SSi/c1-11-12-28-23-21(26(5,6)7)14-19(27-8)15-22(23)30(9,10)25-18(4)17(3)20-13-16(2)29-24(20)25/h11,13-15,25H,1,12H2,2-10H3. The van der Waals surface area contributed by atoms with Crippen molar-refractivity contribution in [2.24, 2.45) is 0 Å². The summed E-state index contributed by atoms with van der Waals surface area (Å²) in [5, 5.41) is 1.34. The molecular weight excluding hydrogens is 404 g/mol. The summed E-state index contributed by atoms with van der Waals surface area (Å²) in [7, 11) is -0.268.